The largest absolute Gasteiger partial charge is 0.331 e. The molecule has 22 heavy (non-hydrogen) atoms. The molecule has 2 rings (SSSR count). The first kappa shape index (κ1) is 16.4. The van der Waals surface area contributed by atoms with Crippen LogP contribution >= 0.6 is 23.6 Å². The summed E-state index contributed by atoms with van der Waals surface area (Å²) in [6, 6.07) is 5.96. The van der Waals surface area contributed by atoms with Crippen molar-refractivity contribution in [2.75, 3.05) is 5.32 Å². The van der Waals surface area contributed by atoms with E-state index in [4.69, 9.17) is 12.2 Å². The van der Waals surface area contributed by atoms with E-state index >= 15 is 0 Å². The van der Waals surface area contributed by atoms with Gasteiger partial charge in [0.25, 0.3) is 0 Å². The van der Waals surface area contributed by atoms with Crippen LogP contribution in [-0.2, 0) is 11.2 Å². The Hall–Kier alpha value is -1.99. The van der Waals surface area contributed by atoms with E-state index in [1.54, 1.807) is 0 Å². The molecular weight excluding hydrogens is 316 g/mol. The Kier molecular flexibility index (Phi) is 5.46. The minimum atomic E-state index is -0.186. The van der Waals surface area contributed by atoms with E-state index in [0.717, 1.165) is 16.4 Å². The highest BCUT2D eigenvalue weighted by atomic mass is 32.1. The predicted molar refractivity (Wildman–Crippen MR) is 94.0 cm³/mol. The number of hydrogen-bond donors (Lipinski definition) is 3. The number of hydrazine groups is 1. The van der Waals surface area contributed by atoms with Crippen molar-refractivity contribution in [3.05, 3.63) is 45.4 Å². The van der Waals surface area contributed by atoms with Gasteiger partial charge in [0.15, 0.2) is 5.11 Å². The van der Waals surface area contributed by atoms with E-state index in [-0.39, 0.29) is 12.3 Å². The van der Waals surface area contributed by atoms with Crippen LogP contribution in [0.1, 0.15) is 21.8 Å². The number of benzene rings is 1. The average Bonchev–Trinajstić information content (AvgIpc) is 2.86. The molecule has 0 atom stereocenters. The third-order valence-corrected chi connectivity index (χ3v) is 4.11. The number of rotatable bonds is 3. The lowest BCUT2D eigenvalue weighted by molar-refractivity contribution is -0.121. The molecule has 0 aliphatic rings. The molecule has 5 nitrogen and oxygen atoms in total. The van der Waals surface area contributed by atoms with Gasteiger partial charge in [0.05, 0.1) is 17.1 Å². The summed E-state index contributed by atoms with van der Waals surface area (Å²) in [5.41, 5.74) is 9.28. The van der Waals surface area contributed by atoms with Crippen LogP contribution in [0.25, 0.3) is 0 Å². The van der Waals surface area contributed by atoms with Gasteiger partial charge >= 0.3 is 0 Å². The fourth-order valence-corrected chi connectivity index (χ4v) is 2.59. The molecule has 1 heterocycles. The molecule has 0 saturated carbocycles. The standard InChI is InChI=1S/C15H18N4OS2/c1-9-4-5-12(6-10(9)2)17-15(21)19-18-14(20)7-13-8-22-11(3)16-13/h4-6,8H,7H2,1-3H3,(H,18,20)(H2,17,19,21). The number of aromatic nitrogens is 1. The smallest absolute Gasteiger partial charge is 0.244 e. The van der Waals surface area contributed by atoms with Crippen LogP contribution in [0.3, 0.4) is 0 Å². The molecule has 0 saturated heterocycles. The lowest BCUT2D eigenvalue weighted by Gasteiger charge is -2.12. The van der Waals surface area contributed by atoms with Gasteiger partial charge in [-0.05, 0) is 56.2 Å². The van der Waals surface area contributed by atoms with Gasteiger partial charge in [-0.1, -0.05) is 6.07 Å². The maximum Gasteiger partial charge on any atom is 0.244 e. The number of nitrogens with one attached hydrogen (secondary N) is 3. The van der Waals surface area contributed by atoms with E-state index in [1.165, 1.54) is 22.5 Å². The number of hydrogen-bond acceptors (Lipinski definition) is 4. The molecule has 0 bridgehead atoms. The molecule has 0 aliphatic carbocycles. The number of nitrogens with zero attached hydrogens (tertiary/aromatic N) is 1. The van der Waals surface area contributed by atoms with Crippen molar-refractivity contribution in [3.63, 3.8) is 0 Å². The summed E-state index contributed by atoms with van der Waals surface area (Å²) in [5.74, 6) is -0.186. The normalized spacial score (nSPS) is 10.1. The molecule has 0 radical (unpaired) electrons. The summed E-state index contributed by atoms with van der Waals surface area (Å²) in [6.07, 6.45) is 0.226. The monoisotopic (exact) mass is 334 g/mol. The first-order chi connectivity index (χ1) is 10.4. The Morgan fingerprint density at radius 3 is 2.64 bits per heavy atom. The Labute approximate surface area is 139 Å². The zero-order valence-electron chi connectivity index (χ0n) is 12.7. The molecule has 0 aliphatic heterocycles. The van der Waals surface area contributed by atoms with E-state index in [9.17, 15) is 4.79 Å². The quantitative estimate of drug-likeness (QED) is 0.595. The number of thiocarbonyl (C=S) groups is 1. The van der Waals surface area contributed by atoms with Gasteiger partial charge in [0.1, 0.15) is 0 Å². The molecule has 7 heteroatoms. The first-order valence-corrected chi connectivity index (χ1v) is 8.07. The molecule has 1 amide bonds. The zero-order chi connectivity index (χ0) is 16.1. The first-order valence-electron chi connectivity index (χ1n) is 6.78. The van der Waals surface area contributed by atoms with E-state index < -0.39 is 0 Å². The summed E-state index contributed by atoms with van der Waals surface area (Å²) in [7, 11) is 0. The Balaban J connectivity index is 1.79. The summed E-state index contributed by atoms with van der Waals surface area (Å²) in [5, 5.41) is 6.19. The molecule has 0 unspecified atom stereocenters. The maximum absolute atomic E-state index is 11.8. The average molecular weight is 334 g/mol. The Morgan fingerprint density at radius 2 is 2.00 bits per heavy atom. The second-order valence-electron chi connectivity index (χ2n) is 4.96. The summed E-state index contributed by atoms with van der Waals surface area (Å²) < 4.78 is 0. The van der Waals surface area contributed by atoms with Crippen molar-refractivity contribution in [3.8, 4) is 0 Å². The highest BCUT2D eigenvalue weighted by Gasteiger charge is 2.07. The van der Waals surface area contributed by atoms with E-state index in [1.807, 2.05) is 37.4 Å². The van der Waals surface area contributed by atoms with Gasteiger partial charge in [-0.2, -0.15) is 0 Å². The number of anilines is 1. The van der Waals surface area contributed by atoms with Crippen molar-refractivity contribution in [2.24, 2.45) is 0 Å². The third-order valence-electron chi connectivity index (χ3n) is 3.09. The maximum atomic E-state index is 11.8. The molecule has 0 spiro atoms. The van der Waals surface area contributed by atoms with Gasteiger partial charge in [-0.25, -0.2) is 4.98 Å². The van der Waals surface area contributed by atoms with Crippen LogP contribution in [0.5, 0.6) is 0 Å². The summed E-state index contributed by atoms with van der Waals surface area (Å²) >= 11 is 6.67. The van der Waals surface area contributed by atoms with Crippen LogP contribution in [-0.4, -0.2) is 16.0 Å². The number of aryl methyl sites for hydroxylation is 3. The topological polar surface area (TPSA) is 66.0 Å². The van der Waals surface area contributed by atoms with Crippen LogP contribution in [0.15, 0.2) is 23.6 Å². The number of amides is 1. The van der Waals surface area contributed by atoms with Crippen molar-refractivity contribution < 1.29 is 4.79 Å². The SMILES string of the molecule is Cc1nc(CC(=O)NNC(=S)Nc2ccc(C)c(C)c2)cs1. The highest BCUT2D eigenvalue weighted by molar-refractivity contribution is 7.80. The van der Waals surface area contributed by atoms with E-state index in [0.29, 0.717) is 5.11 Å². The van der Waals surface area contributed by atoms with Crippen LogP contribution in [0.2, 0.25) is 0 Å². The molecule has 1 aromatic heterocycles. The summed E-state index contributed by atoms with van der Waals surface area (Å²) in [4.78, 5) is 16.0. The molecule has 3 N–H and O–H groups in total. The second-order valence-corrected chi connectivity index (χ2v) is 6.43. The van der Waals surface area contributed by atoms with Gasteiger partial charge in [0, 0.05) is 11.1 Å². The van der Waals surface area contributed by atoms with Gasteiger partial charge in [0.2, 0.25) is 5.91 Å². The number of carbonyl (C=O) groups is 1. The molecule has 1 aromatic carbocycles. The minimum Gasteiger partial charge on any atom is -0.331 e. The number of thiazole rings is 1. The van der Waals surface area contributed by atoms with Gasteiger partial charge < -0.3 is 5.32 Å². The lowest BCUT2D eigenvalue weighted by atomic mass is 10.1. The minimum absolute atomic E-state index is 0.186. The lowest BCUT2D eigenvalue weighted by Crippen LogP contribution is -2.44. The molecule has 116 valence electrons. The number of carbonyl (C=O) groups excluding carboxylic acids is 1. The van der Waals surface area contributed by atoms with Gasteiger partial charge in [-0.15, -0.1) is 11.3 Å². The van der Waals surface area contributed by atoms with Crippen molar-refractivity contribution >= 4 is 40.3 Å². The fourth-order valence-electron chi connectivity index (χ4n) is 1.81. The Bertz CT molecular complexity index is 697. The molecular formula is C15H18N4OS2. The van der Waals surface area contributed by atoms with Crippen molar-refractivity contribution in [1.29, 1.82) is 0 Å². The molecule has 0 fully saturated rings. The molecule has 2 aromatic rings. The van der Waals surface area contributed by atoms with Crippen molar-refractivity contribution in [2.45, 2.75) is 27.2 Å². The Morgan fingerprint density at radius 1 is 1.23 bits per heavy atom. The van der Waals surface area contributed by atoms with Crippen LogP contribution in [0.4, 0.5) is 5.69 Å². The zero-order valence-corrected chi connectivity index (χ0v) is 14.3. The van der Waals surface area contributed by atoms with Gasteiger partial charge in [-0.3, -0.25) is 15.6 Å². The van der Waals surface area contributed by atoms with Crippen molar-refractivity contribution in [1.82, 2.24) is 15.8 Å². The third kappa shape index (κ3) is 4.78. The van der Waals surface area contributed by atoms with Crippen LogP contribution < -0.4 is 16.2 Å². The second kappa shape index (κ2) is 7.33. The summed E-state index contributed by atoms with van der Waals surface area (Å²) in [6.45, 7) is 6.00. The highest BCUT2D eigenvalue weighted by Crippen LogP contribution is 2.13. The van der Waals surface area contributed by atoms with Crippen LogP contribution in [0, 0.1) is 20.8 Å². The fraction of sp³-hybridized carbons (Fsp3) is 0.267. The predicted octanol–water partition coefficient (Wildman–Crippen LogP) is 2.63. The van der Waals surface area contributed by atoms with E-state index in [2.05, 4.69) is 28.1 Å².